The quantitative estimate of drug-likeness (QED) is 0.666. The fourth-order valence-corrected chi connectivity index (χ4v) is 1.69. The topological polar surface area (TPSA) is 24.1 Å². The molecule has 1 rings (SSSR count). The molecule has 0 aromatic rings. The van der Waals surface area contributed by atoms with Gasteiger partial charge in [0.15, 0.2) is 0 Å². The van der Waals surface area contributed by atoms with Crippen molar-refractivity contribution in [3.63, 3.8) is 0 Å². The van der Waals surface area contributed by atoms with Gasteiger partial charge in [-0.15, -0.1) is 0 Å². The summed E-state index contributed by atoms with van der Waals surface area (Å²) >= 11 is 0. The van der Waals surface area contributed by atoms with Gasteiger partial charge in [-0.25, -0.2) is 0 Å². The maximum atomic E-state index is 3.56. The van der Waals surface area contributed by atoms with Gasteiger partial charge in [0.2, 0.25) is 0 Å². The van der Waals surface area contributed by atoms with Crippen molar-refractivity contribution in [2.24, 2.45) is 5.92 Å². The standard InChI is InChI=1S/C10H22N2/c1-4-8(2)12-7-10-5-6-11-9(10)3/h8-12H,4-7H2,1-3H3. The van der Waals surface area contributed by atoms with Crippen LogP contribution in [0.25, 0.3) is 0 Å². The molecule has 0 aliphatic carbocycles. The van der Waals surface area contributed by atoms with Crippen molar-refractivity contribution in [3.05, 3.63) is 0 Å². The predicted octanol–water partition coefficient (Wildman–Crippen LogP) is 1.37. The van der Waals surface area contributed by atoms with Crippen LogP contribution >= 0.6 is 0 Å². The second kappa shape index (κ2) is 4.83. The lowest BCUT2D eigenvalue weighted by molar-refractivity contribution is 0.407. The molecule has 0 aromatic heterocycles. The van der Waals surface area contributed by atoms with Gasteiger partial charge < -0.3 is 10.6 Å². The van der Waals surface area contributed by atoms with Crippen LogP contribution in [0.1, 0.15) is 33.6 Å². The molecule has 0 radical (unpaired) electrons. The van der Waals surface area contributed by atoms with Crippen LogP contribution in [-0.2, 0) is 0 Å². The summed E-state index contributed by atoms with van der Waals surface area (Å²) in [7, 11) is 0. The van der Waals surface area contributed by atoms with Crippen LogP contribution in [0.2, 0.25) is 0 Å². The Kier molecular flexibility index (Phi) is 4.02. The van der Waals surface area contributed by atoms with E-state index in [0.717, 1.165) is 5.92 Å². The van der Waals surface area contributed by atoms with Crippen LogP contribution < -0.4 is 10.6 Å². The summed E-state index contributed by atoms with van der Waals surface area (Å²) in [6, 6.07) is 1.39. The number of rotatable bonds is 4. The van der Waals surface area contributed by atoms with Crippen LogP contribution in [0.3, 0.4) is 0 Å². The van der Waals surface area contributed by atoms with E-state index in [1.165, 1.54) is 25.9 Å². The molecule has 12 heavy (non-hydrogen) atoms. The van der Waals surface area contributed by atoms with Crippen LogP contribution in [0, 0.1) is 5.92 Å². The average Bonchev–Trinajstić information content (AvgIpc) is 2.47. The zero-order chi connectivity index (χ0) is 8.97. The number of nitrogens with one attached hydrogen (secondary N) is 2. The van der Waals surface area contributed by atoms with Crippen molar-refractivity contribution < 1.29 is 0 Å². The minimum absolute atomic E-state index is 0.679. The molecule has 0 bridgehead atoms. The predicted molar refractivity (Wildman–Crippen MR) is 53.3 cm³/mol. The SMILES string of the molecule is CCC(C)NCC1CCNC1C. The van der Waals surface area contributed by atoms with E-state index in [-0.39, 0.29) is 0 Å². The second-order valence-corrected chi connectivity index (χ2v) is 4.01. The zero-order valence-corrected chi connectivity index (χ0v) is 8.56. The largest absolute Gasteiger partial charge is 0.314 e. The normalized spacial score (nSPS) is 32.2. The van der Waals surface area contributed by atoms with Crippen molar-refractivity contribution >= 4 is 0 Å². The lowest BCUT2D eigenvalue weighted by Gasteiger charge is -2.18. The molecule has 0 amide bonds. The molecule has 2 heteroatoms. The van der Waals surface area contributed by atoms with E-state index in [2.05, 4.69) is 31.4 Å². The van der Waals surface area contributed by atoms with Gasteiger partial charge in [-0.2, -0.15) is 0 Å². The highest BCUT2D eigenvalue weighted by molar-refractivity contribution is 4.82. The van der Waals surface area contributed by atoms with Crippen molar-refractivity contribution in [1.82, 2.24) is 10.6 Å². The first-order valence-electron chi connectivity index (χ1n) is 5.20. The second-order valence-electron chi connectivity index (χ2n) is 4.01. The summed E-state index contributed by atoms with van der Waals surface area (Å²) in [5, 5.41) is 7.04. The van der Waals surface area contributed by atoms with Crippen molar-refractivity contribution in [2.75, 3.05) is 13.1 Å². The van der Waals surface area contributed by atoms with Gasteiger partial charge in [-0.1, -0.05) is 6.92 Å². The molecule has 1 aliphatic rings. The van der Waals surface area contributed by atoms with Gasteiger partial charge in [0.25, 0.3) is 0 Å². The van der Waals surface area contributed by atoms with Gasteiger partial charge in [0.05, 0.1) is 0 Å². The highest BCUT2D eigenvalue weighted by atomic mass is 15.0. The molecule has 1 fully saturated rings. The van der Waals surface area contributed by atoms with Gasteiger partial charge in [-0.05, 0) is 45.7 Å². The van der Waals surface area contributed by atoms with E-state index in [1.54, 1.807) is 0 Å². The van der Waals surface area contributed by atoms with Crippen LogP contribution in [0.15, 0.2) is 0 Å². The van der Waals surface area contributed by atoms with Crippen LogP contribution in [-0.4, -0.2) is 25.2 Å². The highest BCUT2D eigenvalue weighted by Crippen LogP contribution is 2.13. The van der Waals surface area contributed by atoms with Crippen molar-refractivity contribution in [3.8, 4) is 0 Å². The lowest BCUT2D eigenvalue weighted by atomic mass is 10.0. The first-order chi connectivity index (χ1) is 5.74. The van der Waals surface area contributed by atoms with Crippen LogP contribution in [0.5, 0.6) is 0 Å². The smallest absolute Gasteiger partial charge is 0.00795 e. The monoisotopic (exact) mass is 170 g/mol. The molecule has 0 saturated carbocycles. The minimum Gasteiger partial charge on any atom is -0.314 e. The molecular formula is C10H22N2. The molecule has 1 saturated heterocycles. The highest BCUT2D eigenvalue weighted by Gasteiger charge is 2.22. The third kappa shape index (κ3) is 2.76. The molecular weight excluding hydrogens is 148 g/mol. The molecule has 3 unspecified atom stereocenters. The summed E-state index contributed by atoms with van der Waals surface area (Å²) in [6.07, 6.45) is 2.57. The Labute approximate surface area is 76.1 Å². The Morgan fingerprint density at radius 3 is 2.83 bits per heavy atom. The van der Waals surface area contributed by atoms with E-state index in [9.17, 15) is 0 Å². The van der Waals surface area contributed by atoms with Gasteiger partial charge in [0, 0.05) is 12.1 Å². The van der Waals surface area contributed by atoms with E-state index in [1.807, 2.05) is 0 Å². The Balaban J connectivity index is 2.13. The first-order valence-corrected chi connectivity index (χ1v) is 5.20. The van der Waals surface area contributed by atoms with E-state index in [0.29, 0.717) is 12.1 Å². The van der Waals surface area contributed by atoms with Gasteiger partial charge >= 0.3 is 0 Å². The van der Waals surface area contributed by atoms with Crippen molar-refractivity contribution in [1.29, 1.82) is 0 Å². The summed E-state index contributed by atoms with van der Waals surface area (Å²) < 4.78 is 0. The minimum atomic E-state index is 0.679. The molecule has 1 aliphatic heterocycles. The molecule has 0 spiro atoms. The fraction of sp³-hybridized carbons (Fsp3) is 1.00. The number of hydrogen-bond donors (Lipinski definition) is 2. The molecule has 2 nitrogen and oxygen atoms in total. The fourth-order valence-electron chi connectivity index (χ4n) is 1.69. The average molecular weight is 170 g/mol. The number of hydrogen-bond acceptors (Lipinski definition) is 2. The third-order valence-corrected chi connectivity index (χ3v) is 3.03. The zero-order valence-electron chi connectivity index (χ0n) is 8.56. The molecule has 2 N–H and O–H groups in total. The molecule has 72 valence electrons. The maximum absolute atomic E-state index is 3.56. The van der Waals surface area contributed by atoms with Crippen molar-refractivity contribution in [2.45, 2.75) is 45.7 Å². The Morgan fingerprint density at radius 1 is 1.58 bits per heavy atom. The van der Waals surface area contributed by atoms with Crippen LogP contribution in [0.4, 0.5) is 0 Å². The van der Waals surface area contributed by atoms with Gasteiger partial charge in [-0.3, -0.25) is 0 Å². The summed E-state index contributed by atoms with van der Waals surface area (Å²) in [4.78, 5) is 0. The molecule has 3 atom stereocenters. The molecule has 1 heterocycles. The Morgan fingerprint density at radius 2 is 2.33 bits per heavy atom. The summed E-state index contributed by atoms with van der Waals surface area (Å²) in [5.74, 6) is 0.846. The summed E-state index contributed by atoms with van der Waals surface area (Å²) in [6.45, 7) is 9.16. The third-order valence-electron chi connectivity index (χ3n) is 3.03. The Bertz CT molecular complexity index is 125. The van der Waals surface area contributed by atoms with E-state index in [4.69, 9.17) is 0 Å². The lowest BCUT2D eigenvalue weighted by Crippen LogP contribution is -2.35. The molecule has 0 aromatic carbocycles. The first kappa shape index (κ1) is 10.0. The van der Waals surface area contributed by atoms with Gasteiger partial charge in [0.1, 0.15) is 0 Å². The van der Waals surface area contributed by atoms with E-state index < -0.39 is 0 Å². The Hall–Kier alpha value is -0.0800. The maximum Gasteiger partial charge on any atom is 0.00795 e. The summed E-state index contributed by atoms with van der Waals surface area (Å²) in [5.41, 5.74) is 0. The van der Waals surface area contributed by atoms with E-state index >= 15 is 0 Å².